The smallest absolute Gasteiger partial charge is 0.344 e. The second-order valence-corrected chi connectivity index (χ2v) is 8.82. The fourth-order valence-corrected chi connectivity index (χ4v) is 6.22. The highest BCUT2D eigenvalue weighted by molar-refractivity contribution is 5.79. The van der Waals surface area contributed by atoms with Gasteiger partial charge in [0.1, 0.15) is 5.60 Å². The largest absolute Gasteiger partial charge is 0.457 e. The van der Waals surface area contributed by atoms with Crippen molar-refractivity contribution < 1.29 is 23.8 Å². The molecule has 0 radical (unpaired) electrons. The van der Waals surface area contributed by atoms with E-state index in [9.17, 15) is 9.59 Å². The van der Waals surface area contributed by atoms with Gasteiger partial charge in [0.05, 0.1) is 18.1 Å². The fraction of sp³-hybridized carbons (Fsp3) is 0.800. The molecule has 0 aromatic rings. The van der Waals surface area contributed by atoms with Gasteiger partial charge in [-0.2, -0.15) is 0 Å². The summed E-state index contributed by atoms with van der Waals surface area (Å²) in [5.41, 5.74) is -0.373. The van der Waals surface area contributed by atoms with Gasteiger partial charge in [-0.1, -0.05) is 12.2 Å². The highest BCUT2D eigenvalue weighted by Crippen LogP contribution is 2.61. The van der Waals surface area contributed by atoms with Crippen molar-refractivity contribution in [3.05, 3.63) is 12.2 Å². The number of rotatable bonds is 4. The van der Waals surface area contributed by atoms with Gasteiger partial charge in [0.15, 0.2) is 6.61 Å². The molecular formula is C20H26O5. The van der Waals surface area contributed by atoms with Gasteiger partial charge in [-0.25, -0.2) is 4.79 Å². The van der Waals surface area contributed by atoms with Crippen LogP contribution in [0, 0.1) is 29.6 Å². The van der Waals surface area contributed by atoms with Crippen molar-refractivity contribution in [3.63, 3.8) is 0 Å². The first-order valence-corrected chi connectivity index (χ1v) is 9.76. The minimum absolute atomic E-state index is 0.0224. The Morgan fingerprint density at radius 2 is 1.84 bits per heavy atom. The average Bonchev–Trinajstić information content (AvgIpc) is 3.36. The molecule has 7 unspecified atom stereocenters. The van der Waals surface area contributed by atoms with Crippen LogP contribution in [-0.2, 0) is 23.8 Å². The van der Waals surface area contributed by atoms with Crippen LogP contribution < -0.4 is 0 Å². The molecule has 0 aromatic carbocycles. The zero-order chi connectivity index (χ0) is 17.2. The molecule has 2 aliphatic heterocycles. The molecule has 0 amide bonds. The van der Waals surface area contributed by atoms with Crippen molar-refractivity contribution in [3.8, 4) is 0 Å². The maximum atomic E-state index is 12.5. The maximum absolute atomic E-state index is 12.5. The van der Waals surface area contributed by atoms with E-state index in [1.54, 1.807) is 0 Å². The lowest BCUT2D eigenvalue weighted by Crippen LogP contribution is -2.40. The van der Waals surface area contributed by atoms with E-state index in [4.69, 9.17) is 14.2 Å². The van der Waals surface area contributed by atoms with Crippen LogP contribution in [0.1, 0.15) is 45.4 Å². The van der Waals surface area contributed by atoms with E-state index in [1.165, 1.54) is 6.42 Å². The molecular weight excluding hydrogens is 320 g/mol. The average molecular weight is 346 g/mol. The lowest BCUT2D eigenvalue weighted by molar-refractivity contribution is -0.171. The number of fused-ring (bicyclic) bond motifs is 9. The molecule has 0 aromatic heterocycles. The monoisotopic (exact) mass is 346 g/mol. The molecule has 5 nitrogen and oxygen atoms in total. The predicted molar refractivity (Wildman–Crippen MR) is 88.4 cm³/mol. The van der Waals surface area contributed by atoms with Crippen molar-refractivity contribution in [1.82, 2.24) is 0 Å². The molecule has 5 heteroatoms. The lowest BCUT2D eigenvalue weighted by atomic mass is 9.69. The van der Waals surface area contributed by atoms with Gasteiger partial charge in [-0.05, 0) is 69.1 Å². The van der Waals surface area contributed by atoms with E-state index >= 15 is 0 Å². The Morgan fingerprint density at radius 1 is 1.12 bits per heavy atom. The molecule has 136 valence electrons. The summed E-state index contributed by atoms with van der Waals surface area (Å²) >= 11 is 0. The van der Waals surface area contributed by atoms with E-state index in [2.05, 4.69) is 12.2 Å². The quantitative estimate of drug-likeness (QED) is 0.578. The third kappa shape index (κ3) is 2.46. The molecule has 5 rings (SSSR count). The van der Waals surface area contributed by atoms with Crippen LogP contribution in [0.25, 0.3) is 0 Å². The molecule has 2 saturated heterocycles. The number of esters is 2. The molecule has 25 heavy (non-hydrogen) atoms. The Bertz CT molecular complexity index is 620. The van der Waals surface area contributed by atoms with E-state index in [1.807, 2.05) is 6.92 Å². The zero-order valence-electron chi connectivity index (χ0n) is 14.7. The number of allylic oxidation sites excluding steroid dienone is 2. The lowest BCUT2D eigenvalue weighted by Gasteiger charge is -2.32. The Balaban J connectivity index is 1.16. The number of hydrogen-bond acceptors (Lipinski definition) is 5. The van der Waals surface area contributed by atoms with Gasteiger partial charge in [0.25, 0.3) is 0 Å². The first-order chi connectivity index (χ1) is 12.0. The maximum Gasteiger partial charge on any atom is 0.344 e. The Labute approximate surface area is 148 Å². The van der Waals surface area contributed by atoms with Crippen molar-refractivity contribution >= 4 is 11.9 Å². The summed E-state index contributed by atoms with van der Waals surface area (Å²) in [7, 11) is 0. The van der Waals surface area contributed by atoms with E-state index in [-0.39, 0.29) is 36.3 Å². The summed E-state index contributed by atoms with van der Waals surface area (Å²) in [6.45, 7) is 1.69. The van der Waals surface area contributed by atoms with E-state index in [0.717, 1.165) is 32.1 Å². The summed E-state index contributed by atoms with van der Waals surface area (Å²) in [6.07, 6.45) is 10.7. The molecule has 5 aliphatic rings. The SMILES string of the molecule is CC1(OC(=O)COC(=O)C2CC3OC2C2C4C=CC(C4)C32)CCCC1. The summed E-state index contributed by atoms with van der Waals surface area (Å²) < 4.78 is 17.0. The topological polar surface area (TPSA) is 61.8 Å². The summed E-state index contributed by atoms with van der Waals surface area (Å²) in [6, 6.07) is 0. The summed E-state index contributed by atoms with van der Waals surface area (Å²) in [5, 5.41) is 0. The van der Waals surface area contributed by atoms with Crippen LogP contribution in [0.5, 0.6) is 0 Å². The molecule has 7 atom stereocenters. The number of carbonyl (C=O) groups excluding carboxylic acids is 2. The van der Waals surface area contributed by atoms with Gasteiger partial charge < -0.3 is 14.2 Å². The number of carbonyl (C=O) groups is 2. The number of ether oxygens (including phenoxy) is 3. The third-order valence-corrected chi connectivity index (χ3v) is 7.26. The molecule has 3 aliphatic carbocycles. The van der Waals surface area contributed by atoms with Crippen LogP contribution in [-0.4, -0.2) is 36.4 Å². The van der Waals surface area contributed by atoms with Crippen molar-refractivity contribution in [2.24, 2.45) is 29.6 Å². The van der Waals surface area contributed by atoms with Crippen LogP contribution in [0.3, 0.4) is 0 Å². The molecule has 4 bridgehead atoms. The van der Waals surface area contributed by atoms with Gasteiger partial charge in [-0.15, -0.1) is 0 Å². The van der Waals surface area contributed by atoms with Gasteiger partial charge in [0.2, 0.25) is 0 Å². The zero-order valence-corrected chi connectivity index (χ0v) is 14.7. The first-order valence-electron chi connectivity index (χ1n) is 9.76. The van der Waals surface area contributed by atoms with Gasteiger partial charge in [0, 0.05) is 0 Å². The predicted octanol–water partition coefficient (Wildman–Crippen LogP) is 2.63. The third-order valence-electron chi connectivity index (χ3n) is 7.26. The summed E-state index contributed by atoms with van der Waals surface area (Å²) in [5.74, 6) is 1.34. The highest BCUT2D eigenvalue weighted by atomic mass is 16.6. The fourth-order valence-electron chi connectivity index (χ4n) is 6.22. The van der Waals surface area contributed by atoms with Crippen LogP contribution in [0.15, 0.2) is 12.2 Å². The Morgan fingerprint density at radius 3 is 2.60 bits per heavy atom. The minimum Gasteiger partial charge on any atom is -0.457 e. The molecule has 2 saturated carbocycles. The van der Waals surface area contributed by atoms with Crippen LogP contribution in [0.2, 0.25) is 0 Å². The van der Waals surface area contributed by atoms with E-state index in [0.29, 0.717) is 23.7 Å². The standard InChI is InChI=1S/C20H26O5/c1-20(6-2-3-7-20)25-15(21)10-23-19(22)13-9-14-16-11-4-5-12(8-11)17(16)18(13)24-14/h4-5,11-14,16-18H,2-3,6-10H2,1H3. The van der Waals surface area contributed by atoms with Crippen molar-refractivity contribution in [2.45, 2.75) is 63.3 Å². The second kappa shape index (κ2) is 5.57. The Kier molecular flexibility index (Phi) is 3.53. The van der Waals surface area contributed by atoms with E-state index < -0.39 is 5.97 Å². The van der Waals surface area contributed by atoms with Crippen LogP contribution in [0.4, 0.5) is 0 Å². The van der Waals surface area contributed by atoms with Crippen molar-refractivity contribution in [1.29, 1.82) is 0 Å². The molecule has 4 fully saturated rings. The van der Waals surface area contributed by atoms with Crippen LogP contribution >= 0.6 is 0 Å². The minimum atomic E-state index is -0.428. The highest BCUT2D eigenvalue weighted by Gasteiger charge is 2.64. The van der Waals surface area contributed by atoms with Crippen molar-refractivity contribution in [2.75, 3.05) is 6.61 Å². The summed E-state index contributed by atoms with van der Waals surface area (Å²) in [4.78, 5) is 24.6. The normalized spacial score (nSPS) is 44.9. The molecule has 2 heterocycles. The number of hydrogen-bond donors (Lipinski definition) is 0. The van der Waals surface area contributed by atoms with Gasteiger partial charge in [-0.3, -0.25) is 4.79 Å². The van der Waals surface area contributed by atoms with Gasteiger partial charge >= 0.3 is 11.9 Å². The molecule has 0 N–H and O–H groups in total. The molecule has 0 spiro atoms. The second-order valence-electron chi connectivity index (χ2n) is 8.82. The first kappa shape index (κ1) is 15.9. The Hall–Kier alpha value is -1.36.